The van der Waals surface area contributed by atoms with Crippen LogP contribution in [0.15, 0.2) is 43.0 Å². The molecule has 1 N–H and O–H groups in total. The van der Waals surface area contributed by atoms with Crippen molar-refractivity contribution in [2.45, 2.75) is 51.7 Å². The fourth-order valence-corrected chi connectivity index (χ4v) is 5.83. The highest BCUT2D eigenvalue weighted by Gasteiger charge is 2.24. The van der Waals surface area contributed by atoms with Gasteiger partial charge in [-0.2, -0.15) is 5.10 Å². The van der Waals surface area contributed by atoms with Crippen molar-refractivity contribution < 1.29 is 4.74 Å². The molecule has 9 nitrogen and oxygen atoms in total. The lowest BCUT2D eigenvalue weighted by atomic mass is 9.87. The van der Waals surface area contributed by atoms with Crippen LogP contribution in [0.25, 0.3) is 27.8 Å². The van der Waals surface area contributed by atoms with Crippen molar-refractivity contribution in [3.63, 3.8) is 0 Å². The second-order valence-electron chi connectivity index (χ2n) is 10.5. The summed E-state index contributed by atoms with van der Waals surface area (Å²) in [6.07, 6.45) is 7.98. The summed E-state index contributed by atoms with van der Waals surface area (Å²) in [6.45, 7) is 8.07. The van der Waals surface area contributed by atoms with Gasteiger partial charge in [-0.3, -0.25) is 9.58 Å². The van der Waals surface area contributed by atoms with Gasteiger partial charge in [0.25, 0.3) is 0 Å². The summed E-state index contributed by atoms with van der Waals surface area (Å²) < 4.78 is 9.08. The average Bonchev–Trinajstić information content (AvgIpc) is 3.62. The molecule has 1 aliphatic heterocycles. The maximum absolute atomic E-state index is 5.46. The van der Waals surface area contributed by atoms with E-state index in [-0.39, 0.29) is 0 Å². The highest BCUT2D eigenvalue weighted by Crippen LogP contribution is 2.38. The molecule has 0 aliphatic carbocycles. The Morgan fingerprint density at radius 3 is 2.70 bits per heavy atom. The maximum Gasteiger partial charge on any atom is 0.160 e. The van der Waals surface area contributed by atoms with Gasteiger partial charge in [0.1, 0.15) is 6.33 Å². The minimum Gasteiger partial charge on any atom is -0.380 e. The molecule has 192 valence electrons. The van der Waals surface area contributed by atoms with Crippen LogP contribution in [0.1, 0.15) is 60.9 Å². The van der Waals surface area contributed by atoms with Crippen molar-refractivity contribution in [1.29, 1.82) is 0 Å². The van der Waals surface area contributed by atoms with E-state index >= 15 is 0 Å². The molecule has 0 spiro atoms. The summed E-state index contributed by atoms with van der Waals surface area (Å²) in [5.74, 6) is 0.936. The first kappa shape index (κ1) is 23.8. The first-order chi connectivity index (χ1) is 18.0. The lowest BCUT2D eigenvalue weighted by Gasteiger charge is -2.31. The molecule has 0 bridgehead atoms. The highest BCUT2D eigenvalue weighted by atomic mass is 16.5. The fraction of sp³-hybridized carbons (Fsp3) is 0.429. The lowest BCUT2D eigenvalue weighted by molar-refractivity contribution is 0.185. The van der Waals surface area contributed by atoms with Gasteiger partial charge in [0, 0.05) is 55.1 Å². The molecule has 0 amide bonds. The van der Waals surface area contributed by atoms with E-state index in [0.717, 1.165) is 60.6 Å². The van der Waals surface area contributed by atoms with Crippen LogP contribution in [0.4, 0.5) is 0 Å². The number of methoxy groups -OCH3 is 1. The number of piperidine rings is 1. The Morgan fingerprint density at radius 1 is 1.14 bits per heavy atom. The molecule has 9 heteroatoms. The van der Waals surface area contributed by atoms with Crippen LogP contribution in [-0.2, 0) is 24.9 Å². The number of fused-ring (bicyclic) bond motifs is 2. The zero-order valence-electron chi connectivity index (χ0n) is 22.0. The van der Waals surface area contributed by atoms with E-state index in [9.17, 15) is 0 Å². The number of benzene rings is 1. The summed E-state index contributed by atoms with van der Waals surface area (Å²) in [4.78, 5) is 10.6. The quantitative estimate of drug-likeness (QED) is 0.351. The minimum atomic E-state index is 0.366. The molecule has 4 aromatic heterocycles. The summed E-state index contributed by atoms with van der Waals surface area (Å²) in [5.41, 5.74) is 9.11. The number of nitrogens with one attached hydrogen (secondary N) is 1. The van der Waals surface area contributed by atoms with E-state index < -0.39 is 0 Å². The van der Waals surface area contributed by atoms with Crippen LogP contribution in [0.3, 0.4) is 0 Å². The summed E-state index contributed by atoms with van der Waals surface area (Å²) in [7, 11) is 3.63. The molecule has 1 fully saturated rings. The van der Waals surface area contributed by atoms with Crippen molar-refractivity contribution in [2.24, 2.45) is 7.05 Å². The molecule has 37 heavy (non-hydrogen) atoms. The van der Waals surface area contributed by atoms with Gasteiger partial charge >= 0.3 is 0 Å². The summed E-state index contributed by atoms with van der Waals surface area (Å²) in [6, 6.07) is 9.18. The number of rotatable bonds is 7. The van der Waals surface area contributed by atoms with E-state index in [1.807, 2.05) is 17.8 Å². The maximum atomic E-state index is 5.46. The second-order valence-corrected chi connectivity index (χ2v) is 10.5. The molecule has 1 aliphatic rings. The van der Waals surface area contributed by atoms with Crippen LogP contribution >= 0.6 is 0 Å². The Kier molecular flexibility index (Phi) is 6.26. The number of hydrogen-bond acceptors (Lipinski definition) is 6. The minimum absolute atomic E-state index is 0.366. The van der Waals surface area contributed by atoms with Crippen LogP contribution < -0.4 is 0 Å². The molecule has 0 saturated carbocycles. The molecule has 0 unspecified atom stereocenters. The smallest absolute Gasteiger partial charge is 0.160 e. The molecule has 0 radical (unpaired) electrons. The summed E-state index contributed by atoms with van der Waals surface area (Å²) >= 11 is 0. The zero-order chi connectivity index (χ0) is 25.5. The number of H-pyrrole nitrogens is 1. The second kappa shape index (κ2) is 9.72. The van der Waals surface area contributed by atoms with Gasteiger partial charge in [0.05, 0.1) is 18.0 Å². The third-order valence-electron chi connectivity index (χ3n) is 7.57. The van der Waals surface area contributed by atoms with E-state index in [0.29, 0.717) is 18.4 Å². The van der Waals surface area contributed by atoms with Gasteiger partial charge in [-0.1, -0.05) is 25.1 Å². The number of ether oxygens (including phenoxy) is 1. The van der Waals surface area contributed by atoms with Gasteiger partial charge in [-0.15, -0.1) is 5.10 Å². The topological polar surface area (TPSA) is 89.2 Å². The number of aromatic amines is 1. The van der Waals surface area contributed by atoms with Crippen molar-refractivity contribution in [2.75, 3.05) is 20.2 Å². The Morgan fingerprint density at radius 2 is 1.97 bits per heavy atom. The van der Waals surface area contributed by atoms with E-state index in [4.69, 9.17) is 4.74 Å². The molecule has 0 atom stereocenters. The number of nitrogens with zero attached hydrogens (tertiary/aromatic N) is 7. The van der Waals surface area contributed by atoms with Crippen LogP contribution in [0.2, 0.25) is 0 Å². The number of hydrogen-bond donors (Lipinski definition) is 1. The fourth-order valence-electron chi connectivity index (χ4n) is 5.83. The Balaban J connectivity index is 1.30. The standard InChI is InChI=1S/C28H34N8O/c1-18(2)26-24-12-20(19-7-9-35(10-8-19)15-23-14-34(3)33-32-23)5-6-25(24)31-27(26)21-11-22(16-37-4)28-29-17-30-36(28)13-21/h5-6,11-14,17-19,31H,7-10,15-16H2,1-4H3. The van der Waals surface area contributed by atoms with Crippen LogP contribution in [-0.4, -0.2) is 59.7 Å². The van der Waals surface area contributed by atoms with Crippen molar-refractivity contribution in [1.82, 2.24) is 39.5 Å². The SMILES string of the molecule is COCc1cc(-c2[nH]c3ccc(C4CCN(Cc5cn(C)nn5)CC4)cc3c2C(C)C)cn2ncnc12. The third-order valence-corrected chi connectivity index (χ3v) is 7.57. The van der Waals surface area contributed by atoms with E-state index in [1.165, 1.54) is 22.0 Å². The number of likely N-dealkylation sites (tertiary alicyclic amines) is 1. The first-order valence-corrected chi connectivity index (χ1v) is 13.0. The van der Waals surface area contributed by atoms with E-state index in [2.05, 4.69) is 74.6 Å². The number of aromatic nitrogens is 7. The molecular weight excluding hydrogens is 464 g/mol. The van der Waals surface area contributed by atoms with Crippen LogP contribution in [0.5, 0.6) is 0 Å². The number of pyridine rings is 1. The molecule has 5 aromatic rings. The summed E-state index contributed by atoms with van der Waals surface area (Å²) in [5, 5.41) is 14.0. The van der Waals surface area contributed by atoms with Crippen molar-refractivity contribution in [3.8, 4) is 11.3 Å². The first-order valence-electron chi connectivity index (χ1n) is 13.0. The molecule has 1 saturated heterocycles. The normalized spacial score (nSPS) is 15.5. The Bertz CT molecular complexity index is 1540. The van der Waals surface area contributed by atoms with Gasteiger partial charge in [-0.25, -0.2) is 9.50 Å². The monoisotopic (exact) mass is 498 g/mol. The van der Waals surface area contributed by atoms with Gasteiger partial charge in [0.2, 0.25) is 0 Å². The van der Waals surface area contributed by atoms with E-state index in [1.54, 1.807) is 18.1 Å². The largest absolute Gasteiger partial charge is 0.380 e. The van der Waals surface area contributed by atoms with Crippen molar-refractivity contribution >= 4 is 16.6 Å². The van der Waals surface area contributed by atoms with Gasteiger partial charge < -0.3 is 9.72 Å². The Hall–Kier alpha value is -3.56. The van der Waals surface area contributed by atoms with Crippen LogP contribution in [0, 0.1) is 0 Å². The van der Waals surface area contributed by atoms with Gasteiger partial charge in [0.15, 0.2) is 5.65 Å². The predicted molar refractivity (Wildman–Crippen MR) is 143 cm³/mol. The Labute approximate surface area is 216 Å². The number of aryl methyl sites for hydroxylation is 1. The average molecular weight is 499 g/mol. The highest BCUT2D eigenvalue weighted by molar-refractivity contribution is 5.92. The zero-order valence-corrected chi connectivity index (χ0v) is 22.0. The molecule has 1 aromatic carbocycles. The van der Waals surface area contributed by atoms with Gasteiger partial charge in [-0.05, 0) is 67.1 Å². The predicted octanol–water partition coefficient (Wildman–Crippen LogP) is 4.66. The molecule has 5 heterocycles. The van der Waals surface area contributed by atoms with Crippen molar-refractivity contribution in [3.05, 3.63) is 65.4 Å². The third kappa shape index (κ3) is 4.53. The lowest BCUT2D eigenvalue weighted by Crippen LogP contribution is -2.32. The molecule has 6 rings (SSSR count). The molecular formula is C28H34N8O.